The van der Waals surface area contributed by atoms with Gasteiger partial charge in [-0.1, -0.05) is 91.0 Å². The lowest BCUT2D eigenvalue weighted by molar-refractivity contribution is 1.18. The van der Waals surface area contributed by atoms with Gasteiger partial charge in [0.15, 0.2) is 0 Å². The molecule has 0 saturated heterocycles. The number of nitrogens with zero attached hydrogens (tertiary/aromatic N) is 1. The van der Waals surface area contributed by atoms with E-state index in [9.17, 15) is 0 Å². The van der Waals surface area contributed by atoms with Crippen molar-refractivity contribution in [2.75, 3.05) is 0 Å². The summed E-state index contributed by atoms with van der Waals surface area (Å²) >= 11 is 0. The SMILES string of the molecule is Cc1cc(-c2ccccc2)cc(-c2cccc3c2c2ccccc2n3-c2ccccc2)c1. The Hall–Kier alpha value is -4.10. The number of hydrogen-bond donors (Lipinski definition) is 0. The van der Waals surface area contributed by atoms with Gasteiger partial charge in [-0.05, 0) is 65.1 Å². The van der Waals surface area contributed by atoms with Gasteiger partial charge in [0.25, 0.3) is 0 Å². The third-order valence-electron chi connectivity index (χ3n) is 6.21. The molecule has 32 heavy (non-hydrogen) atoms. The normalized spacial score (nSPS) is 11.3. The highest BCUT2D eigenvalue weighted by Crippen LogP contribution is 2.39. The molecule has 1 heteroatoms. The smallest absolute Gasteiger partial charge is 0.0547 e. The summed E-state index contributed by atoms with van der Waals surface area (Å²) in [4.78, 5) is 0. The number of fused-ring (bicyclic) bond motifs is 3. The molecule has 0 fully saturated rings. The van der Waals surface area contributed by atoms with Crippen LogP contribution in [0.5, 0.6) is 0 Å². The van der Waals surface area contributed by atoms with Gasteiger partial charge >= 0.3 is 0 Å². The molecule has 5 aromatic carbocycles. The van der Waals surface area contributed by atoms with E-state index in [1.807, 2.05) is 0 Å². The molecule has 0 bridgehead atoms. The Morgan fingerprint density at radius 3 is 1.97 bits per heavy atom. The maximum Gasteiger partial charge on any atom is 0.0547 e. The van der Waals surface area contributed by atoms with Crippen LogP contribution in [0.15, 0.2) is 121 Å². The second kappa shape index (κ2) is 7.55. The molecule has 0 N–H and O–H groups in total. The topological polar surface area (TPSA) is 4.93 Å². The zero-order chi connectivity index (χ0) is 21.5. The fourth-order valence-electron chi connectivity index (χ4n) is 4.85. The van der Waals surface area contributed by atoms with Gasteiger partial charge in [0, 0.05) is 16.5 Å². The Labute approximate surface area is 188 Å². The van der Waals surface area contributed by atoms with Crippen LogP contribution in [0.25, 0.3) is 49.7 Å². The van der Waals surface area contributed by atoms with Crippen molar-refractivity contribution >= 4 is 21.8 Å². The Morgan fingerprint density at radius 1 is 0.500 bits per heavy atom. The molecule has 152 valence electrons. The minimum atomic E-state index is 1.19. The lowest BCUT2D eigenvalue weighted by Crippen LogP contribution is -1.93. The first kappa shape index (κ1) is 18.7. The molecule has 6 rings (SSSR count). The number of para-hydroxylation sites is 2. The van der Waals surface area contributed by atoms with Crippen LogP contribution in [0, 0.1) is 6.92 Å². The van der Waals surface area contributed by atoms with Crippen molar-refractivity contribution in [1.29, 1.82) is 0 Å². The Kier molecular flexibility index (Phi) is 4.40. The number of aromatic nitrogens is 1. The summed E-state index contributed by atoms with van der Waals surface area (Å²) < 4.78 is 2.38. The molecule has 0 atom stereocenters. The summed E-state index contributed by atoms with van der Waals surface area (Å²) in [5.41, 5.74) is 9.95. The summed E-state index contributed by atoms with van der Waals surface area (Å²) in [5.74, 6) is 0. The first-order chi connectivity index (χ1) is 15.8. The number of aryl methyl sites for hydroxylation is 1. The molecule has 0 spiro atoms. The largest absolute Gasteiger partial charge is 0.309 e. The molecular formula is C31H23N. The third kappa shape index (κ3) is 3.02. The quantitative estimate of drug-likeness (QED) is 0.276. The van der Waals surface area contributed by atoms with Gasteiger partial charge < -0.3 is 4.57 Å². The molecule has 0 unspecified atom stereocenters. The van der Waals surface area contributed by atoms with Crippen LogP contribution in [-0.2, 0) is 0 Å². The standard InChI is InChI=1S/C31H23N/c1-22-19-24(23-11-4-2-5-12-23)21-25(20-22)27-16-10-18-30-31(27)28-15-8-9-17-29(28)32(30)26-13-6-3-7-14-26/h2-21H,1H3. The fourth-order valence-corrected chi connectivity index (χ4v) is 4.85. The second-order valence-electron chi connectivity index (χ2n) is 8.34. The summed E-state index contributed by atoms with van der Waals surface area (Å²) in [6.45, 7) is 2.18. The van der Waals surface area contributed by atoms with Crippen molar-refractivity contribution in [3.05, 3.63) is 127 Å². The van der Waals surface area contributed by atoms with Crippen LogP contribution in [0.4, 0.5) is 0 Å². The summed E-state index contributed by atoms with van der Waals surface area (Å²) in [5, 5.41) is 2.58. The van der Waals surface area contributed by atoms with E-state index in [4.69, 9.17) is 0 Å². The number of benzene rings is 5. The van der Waals surface area contributed by atoms with Crippen LogP contribution in [0.1, 0.15) is 5.56 Å². The third-order valence-corrected chi connectivity index (χ3v) is 6.21. The van der Waals surface area contributed by atoms with Crippen molar-refractivity contribution in [2.24, 2.45) is 0 Å². The summed E-state index contributed by atoms with van der Waals surface area (Å²) in [6, 6.07) is 43.6. The molecule has 1 aromatic heterocycles. The second-order valence-corrected chi connectivity index (χ2v) is 8.34. The van der Waals surface area contributed by atoms with Crippen LogP contribution in [0.2, 0.25) is 0 Å². The minimum Gasteiger partial charge on any atom is -0.309 e. The van der Waals surface area contributed by atoms with E-state index < -0.39 is 0 Å². The highest BCUT2D eigenvalue weighted by Gasteiger charge is 2.16. The Bertz CT molecular complexity index is 1560. The number of rotatable bonds is 3. The van der Waals surface area contributed by atoms with E-state index in [-0.39, 0.29) is 0 Å². The lowest BCUT2D eigenvalue weighted by Gasteiger charge is -2.11. The van der Waals surface area contributed by atoms with Gasteiger partial charge in [0.05, 0.1) is 11.0 Å². The summed E-state index contributed by atoms with van der Waals surface area (Å²) in [7, 11) is 0. The van der Waals surface area contributed by atoms with Gasteiger partial charge in [-0.15, -0.1) is 0 Å². The van der Waals surface area contributed by atoms with Gasteiger partial charge in [-0.25, -0.2) is 0 Å². The monoisotopic (exact) mass is 409 g/mol. The predicted molar refractivity (Wildman–Crippen MR) is 136 cm³/mol. The van der Waals surface area contributed by atoms with Crippen molar-refractivity contribution in [2.45, 2.75) is 6.92 Å². The van der Waals surface area contributed by atoms with Gasteiger partial charge in [-0.3, -0.25) is 0 Å². The van der Waals surface area contributed by atoms with E-state index in [0.717, 1.165) is 0 Å². The van der Waals surface area contributed by atoms with Crippen LogP contribution >= 0.6 is 0 Å². The predicted octanol–water partition coefficient (Wildman–Crippen LogP) is 8.43. The molecular weight excluding hydrogens is 386 g/mol. The average Bonchev–Trinajstić information content (AvgIpc) is 3.19. The molecule has 0 aliphatic heterocycles. The average molecular weight is 410 g/mol. The fraction of sp³-hybridized carbons (Fsp3) is 0.0323. The van der Waals surface area contributed by atoms with Crippen molar-refractivity contribution in [3.8, 4) is 27.9 Å². The molecule has 6 aromatic rings. The van der Waals surface area contributed by atoms with Crippen LogP contribution < -0.4 is 0 Å². The van der Waals surface area contributed by atoms with Gasteiger partial charge in [0.1, 0.15) is 0 Å². The van der Waals surface area contributed by atoms with Crippen LogP contribution in [0.3, 0.4) is 0 Å². The van der Waals surface area contributed by atoms with E-state index >= 15 is 0 Å². The lowest BCUT2D eigenvalue weighted by atomic mass is 9.94. The molecule has 0 aliphatic rings. The first-order valence-electron chi connectivity index (χ1n) is 11.0. The molecule has 1 heterocycles. The molecule has 0 saturated carbocycles. The zero-order valence-electron chi connectivity index (χ0n) is 18.0. The van der Waals surface area contributed by atoms with Crippen LogP contribution in [-0.4, -0.2) is 4.57 Å². The molecule has 0 amide bonds. The van der Waals surface area contributed by atoms with E-state index in [1.165, 1.54) is 55.3 Å². The maximum atomic E-state index is 2.38. The van der Waals surface area contributed by atoms with E-state index in [0.29, 0.717) is 0 Å². The van der Waals surface area contributed by atoms with E-state index in [1.54, 1.807) is 0 Å². The van der Waals surface area contributed by atoms with Gasteiger partial charge in [0.2, 0.25) is 0 Å². The van der Waals surface area contributed by atoms with Crippen molar-refractivity contribution in [1.82, 2.24) is 4.57 Å². The van der Waals surface area contributed by atoms with Crippen molar-refractivity contribution in [3.63, 3.8) is 0 Å². The number of hydrogen-bond acceptors (Lipinski definition) is 0. The van der Waals surface area contributed by atoms with Gasteiger partial charge in [-0.2, -0.15) is 0 Å². The molecule has 0 radical (unpaired) electrons. The minimum absolute atomic E-state index is 1.19. The van der Waals surface area contributed by atoms with E-state index in [2.05, 4.69) is 133 Å². The zero-order valence-corrected chi connectivity index (χ0v) is 18.0. The first-order valence-corrected chi connectivity index (χ1v) is 11.0. The molecule has 0 aliphatic carbocycles. The Balaban J connectivity index is 1.67. The summed E-state index contributed by atoms with van der Waals surface area (Å²) in [6.07, 6.45) is 0. The van der Waals surface area contributed by atoms with Crippen molar-refractivity contribution < 1.29 is 0 Å². The Morgan fingerprint density at radius 2 is 1.16 bits per heavy atom. The molecule has 1 nitrogen and oxygen atoms in total. The highest BCUT2D eigenvalue weighted by atomic mass is 15.0. The maximum absolute atomic E-state index is 2.38. The highest BCUT2D eigenvalue weighted by molar-refractivity contribution is 6.15.